The number of hydrogen-bond donors (Lipinski definition) is 2. The van der Waals surface area contributed by atoms with E-state index in [1.54, 1.807) is 43.4 Å². The van der Waals surface area contributed by atoms with Gasteiger partial charge in [0.2, 0.25) is 0 Å². The average molecular weight is 461 g/mol. The van der Waals surface area contributed by atoms with E-state index in [9.17, 15) is 9.90 Å². The Kier molecular flexibility index (Phi) is 7.14. The molecule has 0 bridgehead atoms. The van der Waals surface area contributed by atoms with Crippen LogP contribution in [0.25, 0.3) is 0 Å². The molecular weight excluding hydrogens is 432 g/mol. The van der Waals surface area contributed by atoms with Crippen LogP contribution in [-0.4, -0.2) is 41.1 Å². The van der Waals surface area contributed by atoms with Crippen LogP contribution in [0.3, 0.4) is 0 Å². The standard InChI is InChI=1S/C27H28N2O3S/c1-27(2,31)12-10-20-6-5-8-21(16-20)26(30)28-13-14-29-17-22-7-3-4-9-24(22)32-25(18-29)23-11-15-33-19-23/h3-9,11,15-16,19,25,31H,13-14,17-18H2,1-2H3,(H,28,30). The van der Waals surface area contributed by atoms with Crippen LogP contribution < -0.4 is 10.1 Å². The highest BCUT2D eigenvalue weighted by atomic mass is 32.1. The maximum atomic E-state index is 12.7. The van der Waals surface area contributed by atoms with Crippen molar-refractivity contribution in [2.24, 2.45) is 0 Å². The van der Waals surface area contributed by atoms with Crippen molar-refractivity contribution in [3.8, 4) is 17.6 Å². The van der Waals surface area contributed by atoms with Gasteiger partial charge in [-0.1, -0.05) is 36.1 Å². The van der Waals surface area contributed by atoms with Gasteiger partial charge in [0.25, 0.3) is 5.91 Å². The number of benzene rings is 2. The normalized spacial score (nSPS) is 16.0. The van der Waals surface area contributed by atoms with Gasteiger partial charge in [0.05, 0.1) is 0 Å². The average Bonchev–Trinajstić information content (AvgIpc) is 3.26. The number of amides is 1. The molecule has 0 aliphatic carbocycles. The number of carbonyl (C=O) groups excluding carboxylic acids is 1. The highest BCUT2D eigenvalue weighted by Crippen LogP contribution is 2.31. The second kappa shape index (κ2) is 10.2. The van der Waals surface area contributed by atoms with E-state index in [4.69, 9.17) is 4.74 Å². The van der Waals surface area contributed by atoms with Crippen LogP contribution in [0.15, 0.2) is 65.4 Å². The van der Waals surface area contributed by atoms with Gasteiger partial charge in [-0.05, 0) is 54.9 Å². The third-order valence-corrected chi connectivity index (χ3v) is 6.03. The summed E-state index contributed by atoms with van der Waals surface area (Å²) in [5.74, 6) is 6.48. The summed E-state index contributed by atoms with van der Waals surface area (Å²) in [7, 11) is 0. The molecule has 0 fully saturated rings. The monoisotopic (exact) mass is 460 g/mol. The number of ether oxygens (including phenoxy) is 1. The molecule has 1 amide bonds. The van der Waals surface area contributed by atoms with Crippen LogP contribution in [0, 0.1) is 11.8 Å². The fourth-order valence-electron chi connectivity index (χ4n) is 3.67. The third kappa shape index (κ3) is 6.45. The second-order valence-corrected chi connectivity index (χ2v) is 9.43. The summed E-state index contributed by atoms with van der Waals surface area (Å²) in [6.07, 6.45) is -0.0402. The molecule has 2 heterocycles. The van der Waals surface area contributed by atoms with Gasteiger partial charge in [-0.2, -0.15) is 11.3 Å². The summed E-state index contributed by atoms with van der Waals surface area (Å²) in [5.41, 5.74) is 2.51. The van der Waals surface area contributed by atoms with Crippen molar-refractivity contribution in [1.82, 2.24) is 10.2 Å². The minimum Gasteiger partial charge on any atom is -0.484 e. The van der Waals surface area contributed by atoms with Crippen LogP contribution in [0.4, 0.5) is 0 Å². The zero-order valence-electron chi connectivity index (χ0n) is 18.9. The fraction of sp³-hybridized carbons (Fsp3) is 0.296. The lowest BCUT2D eigenvalue weighted by Gasteiger charge is -2.23. The van der Waals surface area contributed by atoms with Gasteiger partial charge in [0.15, 0.2) is 0 Å². The fourth-order valence-corrected chi connectivity index (χ4v) is 4.38. The van der Waals surface area contributed by atoms with Crippen LogP contribution in [0.2, 0.25) is 0 Å². The Morgan fingerprint density at radius 2 is 2.09 bits per heavy atom. The predicted octanol–water partition coefficient (Wildman–Crippen LogP) is 4.24. The molecule has 3 aromatic rings. The zero-order chi connectivity index (χ0) is 23.3. The zero-order valence-corrected chi connectivity index (χ0v) is 19.7. The number of nitrogens with zero attached hydrogens (tertiary/aromatic N) is 1. The van der Waals surface area contributed by atoms with Crippen LogP contribution in [0.1, 0.15) is 47.0 Å². The van der Waals surface area contributed by atoms with Gasteiger partial charge >= 0.3 is 0 Å². The molecule has 0 saturated carbocycles. The van der Waals surface area contributed by atoms with Gasteiger partial charge in [-0.3, -0.25) is 9.69 Å². The maximum Gasteiger partial charge on any atom is 0.251 e. The first-order chi connectivity index (χ1) is 15.9. The molecular formula is C27H28N2O3S. The van der Waals surface area contributed by atoms with Gasteiger partial charge < -0.3 is 15.2 Å². The van der Waals surface area contributed by atoms with Crippen molar-refractivity contribution in [1.29, 1.82) is 0 Å². The summed E-state index contributed by atoms with van der Waals surface area (Å²) in [6.45, 7) is 6.02. The molecule has 0 spiro atoms. The van der Waals surface area contributed by atoms with E-state index in [0.717, 1.165) is 24.4 Å². The topological polar surface area (TPSA) is 61.8 Å². The first-order valence-electron chi connectivity index (χ1n) is 11.0. The first kappa shape index (κ1) is 23.1. The molecule has 5 nitrogen and oxygen atoms in total. The molecule has 170 valence electrons. The van der Waals surface area contributed by atoms with E-state index in [1.807, 2.05) is 24.3 Å². The maximum absolute atomic E-state index is 12.7. The third-order valence-electron chi connectivity index (χ3n) is 5.33. The van der Waals surface area contributed by atoms with Crippen molar-refractivity contribution >= 4 is 17.2 Å². The number of nitrogens with one attached hydrogen (secondary N) is 1. The molecule has 33 heavy (non-hydrogen) atoms. The summed E-state index contributed by atoms with van der Waals surface area (Å²) in [6, 6.07) is 17.4. The highest BCUT2D eigenvalue weighted by molar-refractivity contribution is 7.07. The molecule has 1 aliphatic rings. The number of fused-ring (bicyclic) bond motifs is 1. The lowest BCUT2D eigenvalue weighted by atomic mass is 10.1. The molecule has 0 saturated heterocycles. The minimum absolute atomic E-state index is 0.0402. The lowest BCUT2D eigenvalue weighted by molar-refractivity contribution is 0.0943. The molecule has 2 aromatic carbocycles. The number of rotatable bonds is 5. The number of para-hydroxylation sites is 1. The van der Waals surface area contributed by atoms with Crippen molar-refractivity contribution in [2.45, 2.75) is 32.1 Å². The van der Waals surface area contributed by atoms with E-state index in [-0.39, 0.29) is 12.0 Å². The minimum atomic E-state index is -1.07. The van der Waals surface area contributed by atoms with E-state index in [2.05, 4.69) is 45.0 Å². The van der Waals surface area contributed by atoms with E-state index in [0.29, 0.717) is 24.2 Å². The molecule has 1 aliphatic heterocycles. The summed E-state index contributed by atoms with van der Waals surface area (Å²) < 4.78 is 6.34. The smallest absolute Gasteiger partial charge is 0.251 e. The van der Waals surface area contributed by atoms with Crippen molar-refractivity contribution < 1.29 is 14.6 Å². The van der Waals surface area contributed by atoms with Crippen molar-refractivity contribution in [3.05, 3.63) is 87.6 Å². The van der Waals surface area contributed by atoms with E-state index >= 15 is 0 Å². The second-order valence-electron chi connectivity index (χ2n) is 8.65. The van der Waals surface area contributed by atoms with Gasteiger partial charge in [0.1, 0.15) is 17.5 Å². The predicted molar refractivity (Wildman–Crippen MR) is 131 cm³/mol. The van der Waals surface area contributed by atoms with Crippen LogP contribution >= 0.6 is 11.3 Å². The number of carbonyl (C=O) groups is 1. The van der Waals surface area contributed by atoms with Gasteiger partial charge in [-0.25, -0.2) is 0 Å². The Morgan fingerprint density at radius 1 is 1.24 bits per heavy atom. The van der Waals surface area contributed by atoms with Crippen LogP contribution in [0.5, 0.6) is 5.75 Å². The Balaban J connectivity index is 1.39. The molecule has 2 N–H and O–H groups in total. The SMILES string of the molecule is CC(C)(O)C#Cc1cccc(C(=O)NCCN2Cc3ccccc3OC(c3ccsc3)C2)c1. The number of aliphatic hydroxyl groups is 1. The summed E-state index contributed by atoms with van der Waals surface area (Å²) >= 11 is 1.67. The molecule has 1 aromatic heterocycles. The van der Waals surface area contributed by atoms with Gasteiger partial charge in [0, 0.05) is 48.4 Å². The molecule has 0 radical (unpaired) electrons. The molecule has 4 rings (SSSR count). The molecule has 6 heteroatoms. The van der Waals surface area contributed by atoms with E-state index in [1.165, 1.54) is 5.56 Å². The van der Waals surface area contributed by atoms with Crippen molar-refractivity contribution in [2.75, 3.05) is 19.6 Å². The summed E-state index contributed by atoms with van der Waals surface area (Å²) in [5, 5.41) is 17.0. The first-order valence-corrected chi connectivity index (χ1v) is 11.9. The Bertz CT molecular complexity index is 1160. The Labute approximate surface area is 199 Å². The molecule has 1 atom stereocenters. The van der Waals surface area contributed by atoms with Crippen LogP contribution in [-0.2, 0) is 6.54 Å². The lowest BCUT2D eigenvalue weighted by Crippen LogP contribution is -2.36. The quantitative estimate of drug-likeness (QED) is 0.559. The van der Waals surface area contributed by atoms with Gasteiger partial charge in [-0.15, -0.1) is 0 Å². The number of thiophene rings is 1. The Morgan fingerprint density at radius 3 is 2.88 bits per heavy atom. The summed E-state index contributed by atoms with van der Waals surface area (Å²) in [4.78, 5) is 15.0. The highest BCUT2D eigenvalue weighted by Gasteiger charge is 2.24. The van der Waals surface area contributed by atoms with Crippen molar-refractivity contribution in [3.63, 3.8) is 0 Å². The largest absolute Gasteiger partial charge is 0.484 e. The molecule has 1 unspecified atom stereocenters. The number of hydrogen-bond acceptors (Lipinski definition) is 5. The Hall–Kier alpha value is -3.11. The van der Waals surface area contributed by atoms with E-state index < -0.39 is 5.60 Å².